The summed E-state index contributed by atoms with van der Waals surface area (Å²) in [5.41, 5.74) is 1.11. The zero-order valence-corrected chi connectivity index (χ0v) is 15.8. The van der Waals surface area contributed by atoms with Gasteiger partial charge in [-0.1, -0.05) is 12.8 Å². The summed E-state index contributed by atoms with van der Waals surface area (Å²) in [6.07, 6.45) is 4.73. The highest BCUT2D eigenvalue weighted by Crippen LogP contribution is 2.28. The molecule has 0 spiro atoms. The van der Waals surface area contributed by atoms with Crippen molar-refractivity contribution in [1.82, 2.24) is 4.90 Å². The SMILES string of the molecule is COCC(=O)Nc1cc(NC(=O)C(C)N2CCCCCC2)ccc1OC. The molecule has 1 fully saturated rings. The Balaban J connectivity index is 2.05. The summed E-state index contributed by atoms with van der Waals surface area (Å²) in [6.45, 7) is 3.79. The monoisotopic (exact) mass is 363 g/mol. The van der Waals surface area contributed by atoms with E-state index in [1.807, 2.05) is 6.92 Å². The maximum absolute atomic E-state index is 12.6. The Morgan fingerprint density at radius 2 is 1.81 bits per heavy atom. The summed E-state index contributed by atoms with van der Waals surface area (Å²) in [6, 6.07) is 4.98. The average Bonchev–Trinajstić information content (AvgIpc) is 2.91. The first kappa shape index (κ1) is 20.2. The second-order valence-corrected chi connectivity index (χ2v) is 6.51. The Morgan fingerprint density at radius 1 is 1.12 bits per heavy atom. The van der Waals surface area contributed by atoms with Crippen molar-refractivity contribution in [2.75, 3.05) is 44.5 Å². The van der Waals surface area contributed by atoms with Crippen LogP contribution >= 0.6 is 0 Å². The van der Waals surface area contributed by atoms with Crippen LogP contribution in [0, 0.1) is 0 Å². The number of amides is 2. The first-order valence-corrected chi connectivity index (χ1v) is 9.07. The van der Waals surface area contributed by atoms with Gasteiger partial charge >= 0.3 is 0 Å². The molecule has 7 heteroatoms. The molecule has 1 atom stereocenters. The van der Waals surface area contributed by atoms with Crippen LogP contribution in [0.3, 0.4) is 0 Å². The summed E-state index contributed by atoms with van der Waals surface area (Å²) < 4.78 is 10.1. The predicted octanol–water partition coefficient (Wildman–Crippen LogP) is 2.48. The minimum atomic E-state index is -0.285. The fourth-order valence-electron chi connectivity index (χ4n) is 3.10. The number of carbonyl (C=O) groups is 2. The maximum Gasteiger partial charge on any atom is 0.250 e. The van der Waals surface area contributed by atoms with Crippen molar-refractivity contribution >= 4 is 23.2 Å². The first-order chi connectivity index (χ1) is 12.5. The highest BCUT2D eigenvalue weighted by molar-refractivity contribution is 5.97. The number of benzene rings is 1. The van der Waals surface area contributed by atoms with Crippen LogP contribution < -0.4 is 15.4 Å². The second kappa shape index (κ2) is 10.1. The average molecular weight is 363 g/mol. The number of nitrogens with one attached hydrogen (secondary N) is 2. The normalized spacial score (nSPS) is 16.4. The molecule has 1 unspecified atom stereocenters. The van der Waals surface area contributed by atoms with E-state index < -0.39 is 0 Å². The van der Waals surface area contributed by atoms with E-state index in [1.54, 1.807) is 18.2 Å². The highest BCUT2D eigenvalue weighted by atomic mass is 16.5. The fraction of sp³-hybridized carbons (Fsp3) is 0.579. The molecule has 144 valence electrons. The van der Waals surface area contributed by atoms with Crippen LogP contribution in [0.5, 0.6) is 5.75 Å². The van der Waals surface area contributed by atoms with Crippen molar-refractivity contribution < 1.29 is 19.1 Å². The summed E-state index contributed by atoms with van der Waals surface area (Å²) in [7, 11) is 2.98. The third kappa shape index (κ3) is 5.71. The smallest absolute Gasteiger partial charge is 0.250 e. The predicted molar refractivity (Wildman–Crippen MR) is 102 cm³/mol. The summed E-state index contributed by atoms with van der Waals surface area (Å²) in [5, 5.41) is 5.66. The molecule has 1 aliphatic heterocycles. The molecule has 0 aromatic heterocycles. The van der Waals surface area contributed by atoms with Crippen LogP contribution in [0.1, 0.15) is 32.6 Å². The van der Waals surface area contributed by atoms with Crippen LogP contribution in [-0.4, -0.2) is 56.7 Å². The van der Waals surface area contributed by atoms with Crippen molar-refractivity contribution in [2.45, 2.75) is 38.6 Å². The summed E-state index contributed by atoms with van der Waals surface area (Å²) in [5.74, 6) is 0.187. The molecule has 1 aliphatic rings. The van der Waals surface area contributed by atoms with Gasteiger partial charge in [-0.3, -0.25) is 14.5 Å². The number of methoxy groups -OCH3 is 2. The van der Waals surface area contributed by atoms with E-state index in [2.05, 4.69) is 15.5 Å². The minimum absolute atomic E-state index is 0.0498. The Morgan fingerprint density at radius 3 is 2.42 bits per heavy atom. The molecule has 2 rings (SSSR count). The maximum atomic E-state index is 12.6. The molecule has 0 radical (unpaired) electrons. The van der Waals surface area contributed by atoms with E-state index in [9.17, 15) is 9.59 Å². The third-order valence-electron chi connectivity index (χ3n) is 4.58. The van der Waals surface area contributed by atoms with E-state index in [4.69, 9.17) is 9.47 Å². The molecular formula is C19H29N3O4. The van der Waals surface area contributed by atoms with Crippen molar-refractivity contribution in [1.29, 1.82) is 0 Å². The molecule has 2 N–H and O–H groups in total. The van der Waals surface area contributed by atoms with E-state index in [-0.39, 0.29) is 24.5 Å². The van der Waals surface area contributed by atoms with Crippen LogP contribution in [0.15, 0.2) is 18.2 Å². The molecule has 1 heterocycles. The molecule has 2 amide bonds. The molecule has 26 heavy (non-hydrogen) atoms. The number of hydrogen-bond donors (Lipinski definition) is 2. The van der Waals surface area contributed by atoms with Gasteiger partial charge in [0.2, 0.25) is 11.8 Å². The van der Waals surface area contributed by atoms with Crippen molar-refractivity contribution in [3.05, 3.63) is 18.2 Å². The van der Waals surface area contributed by atoms with Gasteiger partial charge in [0.05, 0.1) is 18.8 Å². The Labute approximate surface area is 155 Å². The second-order valence-electron chi connectivity index (χ2n) is 6.51. The van der Waals surface area contributed by atoms with Gasteiger partial charge in [-0.25, -0.2) is 0 Å². The molecule has 1 aromatic rings. The number of rotatable bonds is 7. The number of hydrogen-bond acceptors (Lipinski definition) is 5. The fourth-order valence-corrected chi connectivity index (χ4v) is 3.10. The van der Waals surface area contributed by atoms with Gasteiger partial charge in [-0.2, -0.15) is 0 Å². The lowest BCUT2D eigenvalue weighted by atomic mass is 10.2. The van der Waals surface area contributed by atoms with E-state index >= 15 is 0 Å². The van der Waals surface area contributed by atoms with Crippen molar-refractivity contribution in [3.8, 4) is 5.75 Å². The number of ether oxygens (including phenoxy) is 2. The van der Waals surface area contributed by atoms with Crippen molar-refractivity contribution in [2.24, 2.45) is 0 Å². The van der Waals surface area contributed by atoms with Gasteiger partial charge in [-0.05, 0) is 51.1 Å². The number of anilines is 2. The van der Waals surface area contributed by atoms with E-state index in [0.29, 0.717) is 17.1 Å². The Kier molecular flexibility index (Phi) is 7.87. The first-order valence-electron chi connectivity index (χ1n) is 9.07. The summed E-state index contributed by atoms with van der Waals surface area (Å²) in [4.78, 5) is 26.6. The Bertz CT molecular complexity index is 613. The molecule has 1 saturated heterocycles. The summed E-state index contributed by atoms with van der Waals surface area (Å²) >= 11 is 0. The van der Waals surface area contributed by atoms with Gasteiger partial charge in [0.1, 0.15) is 12.4 Å². The molecule has 0 saturated carbocycles. The molecular weight excluding hydrogens is 334 g/mol. The number of nitrogens with zero attached hydrogens (tertiary/aromatic N) is 1. The topological polar surface area (TPSA) is 79.9 Å². The van der Waals surface area contributed by atoms with Gasteiger partial charge < -0.3 is 20.1 Å². The zero-order chi connectivity index (χ0) is 18.9. The van der Waals surface area contributed by atoms with Crippen LogP contribution in [0.4, 0.5) is 11.4 Å². The largest absolute Gasteiger partial charge is 0.495 e. The molecule has 0 aliphatic carbocycles. The molecule has 7 nitrogen and oxygen atoms in total. The van der Waals surface area contributed by atoms with Crippen LogP contribution in [0.25, 0.3) is 0 Å². The van der Waals surface area contributed by atoms with Crippen molar-refractivity contribution in [3.63, 3.8) is 0 Å². The lowest BCUT2D eigenvalue weighted by Crippen LogP contribution is -2.42. The Hall–Kier alpha value is -2.12. The number of carbonyl (C=O) groups excluding carboxylic acids is 2. The van der Waals surface area contributed by atoms with Gasteiger partial charge in [-0.15, -0.1) is 0 Å². The highest BCUT2D eigenvalue weighted by Gasteiger charge is 2.22. The number of likely N-dealkylation sites (tertiary alicyclic amines) is 1. The third-order valence-corrected chi connectivity index (χ3v) is 4.58. The van der Waals surface area contributed by atoms with E-state index in [1.165, 1.54) is 27.1 Å². The quantitative estimate of drug-likeness (QED) is 0.778. The van der Waals surface area contributed by atoms with Gasteiger partial charge in [0, 0.05) is 12.8 Å². The lowest BCUT2D eigenvalue weighted by Gasteiger charge is -2.26. The standard InChI is InChI=1S/C19H29N3O4/c1-14(22-10-6-4-5-7-11-22)19(24)20-15-8-9-17(26-3)16(12-15)21-18(23)13-25-2/h8-9,12,14H,4-7,10-11,13H2,1-3H3,(H,20,24)(H,21,23). The van der Waals surface area contributed by atoms with Crippen LogP contribution in [-0.2, 0) is 14.3 Å². The van der Waals surface area contributed by atoms with E-state index in [0.717, 1.165) is 25.9 Å². The lowest BCUT2D eigenvalue weighted by molar-refractivity contribution is -0.121. The minimum Gasteiger partial charge on any atom is -0.495 e. The zero-order valence-electron chi connectivity index (χ0n) is 15.8. The molecule has 1 aromatic carbocycles. The molecule has 0 bridgehead atoms. The van der Waals surface area contributed by atoms with Gasteiger partial charge in [0.15, 0.2) is 0 Å². The van der Waals surface area contributed by atoms with Crippen LogP contribution in [0.2, 0.25) is 0 Å². The van der Waals surface area contributed by atoms with Gasteiger partial charge in [0.25, 0.3) is 0 Å².